The number of halogens is 1. The van der Waals surface area contributed by atoms with Gasteiger partial charge >= 0.3 is 0 Å². The average molecular weight is 459 g/mol. The molecule has 6 nitrogen and oxygen atoms in total. The van der Waals surface area contributed by atoms with Crippen molar-refractivity contribution in [3.63, 3.8) is 0 Å². The van der Waals surface area contributed by atoms with E-state index in [1.165, 1.54) is 16.9 Å². The number of sulfone groups is 1. The highest BCUT2D eigenvalue weighted by Crippen LogP contribution is 2.33. The first-order valence-electron chi connectivity index (χ1n) is 9.54. The van der Waals surface area contributed by atoms with Crippen LogP contribution >= 0.6 is 11.6 Å². The van der Waals surface area contributed by atoms with Gasteiger partial charge in [-0.1, -0.05) is 35.0 Å². The van der Waals surface area contributed by atoms with Crippen LogP contribution in [0.25, 0.3) is 0 Å². The summed E-state index contributed by atoms with van der Waals surface area (Å²) in [5.41, 5.74) is 3.66. The SMILES string of the molecule is Cc1cc(Cl)ccc1[C@@H](CC(=NO)c1ccc(=O)n(C)c1)c1ccc(S(C)(=O)=O)cc1. The fourth-order valence-electron chi connectivity index (χ4n) is 3.56. The van der Waals surface area contributed by atoms with Crippen molar-refractivity contribution in [3.8, 4) is 0 Å². The molecular weight excluding hydrogens is 436 g/mol. The second-order valence-electron chi connectivity index (χ2n) is 7.51. The predicted molar refractivity (Wildman–Crippen MR) is 122 cm³/mol. The lowest BCUT2D eigenvalue weighted by molar-refractivity contribution is 0.317. The molecule has 0 radical (unpaired) electrons. The molecule has 1 N–H and O–H groups in total. The Balaban J connectivity index is 2.09. The molecule has 3 aromatic rings. The van der Waals surface area contributed by atoms with Gasteiger partial charge in [-0.2, -0.15) is 0 Å². The van der Waals surface area contributed by atoms with Crippen molar-refractivity contribution in [1.82, 2.24) is 4.57 Å². The lowest BCUT2D eigenvalue weighted by Crippen LogP contribution is -2.18. The lowest BCUT2D eigenvalue weighted by Gasteiger charge is -2.21. The van der Waals surface area contributed by atoms with Crippen LogP contribution in [0.2, 0.25) is 5.02 Å². The van der Waals surface area contributed by atoms with Crippen LogP contribution < -0.4 is 5.56 Å². The summed E-state index contributed by atoms with van der Waals surface area (Å²) in [6, 6.07) is 15.3. The minimum absolute atomic E-state index is 0.164. The second-order valence-corrected chi connectivity index (χ2v) is 9.96. The summed E-state index contributed by atoms with van der Waals surface area (Å²) in [6.45, 7) is 1.95. The molecule has 0 saturated heterocycles. The van der Waals surface area contributed by atoms with E-state index in [0.717, 1.165) is 16.7 Å². The van der Waals surface area contributed by atoms with Gasteiger partial charge in [0.2, 0.25) is 5.56 Å². The fraction of sp³-hybridized carbons (Fsp3) is 0.217. The van der Waals surface area contributed by atoms with E-state index >= 15 is 0 Å². The highest BCUT2D eigenvalue weighted by molar-refractivity contribution is 7.90. The van der Waals surface area contributed by atoms with Crippen LogP contribution in [0, 0.1) is 6.92 Å². The van der Waals surface area contributed by atoms with E-state index in [2.05, 4.69) is 5.16 Å². The van der Waals surface area contributed by atoms with Crippen molar-refractivity contribution in [2.24, 2.45) is 12.2 Å². The summed E-state index contributed by atoms with van der Waals surface area (Å²) in [6.07, 6.45) is 3.12. The number of aromatic nitrogens is 1. The normalized spacial score (nSPS) is 13.2. The summed E-state index contributed by atoms with van der Waals surface area (Å²) >= 11 is 6.14. The predicted octanol–water partition coefficient (Wildman–Crippen LogP) is 4.15. The third kappa shape index (κ3) is 5.24. The number of nitrogens with zero attached hydrogens (tertiary/aromatic N) is 2. The molecule has 1 heterocycles. The highest BCUT2D eigenvalue weighted by atomic mass is 35.5. The maximum atomic E-state index is 11.8. The van der Waals surface area contributed by atoms with Crippen LogP contribution in [0.1, 0.15) is 34.6 Å². The van der Waals surface area contributed by atoms with Crippen molar-refractivity contribution in [1.29, 1.82) is 0 Å². The molecule has 0 bridgehead atoms. The molecule has 0 amide bonds. The summed E-state index contributed by atoms with van der Waals surface area (Å²) in [4.78, 5) is 12.0. The molecule has 0 aliphatic rings. The van der Waals surface area contributed by atoms with Crippen LogP contribution in [-0.2, 0) is 16.9 Å². The maximum absolute atomic E-state index is 11.8. The molecule has 1 atom stereocenters. The largest absolute Gasteiger partial charge is 0.411 e. The van der Waals surface area contributed by atoms with E-state index in [1.807, 2.05) is 19.1 Å². The summed E-state index contributed by atoms with van der Waals surface area (Å²) in [5, 5.41) is 13.9. The number of rotatable bonds is 6. The van der Waals surface area contributed by atoms with E-state index in [9.17, 15) is 18.4 Å². The minimum Gasteiger partial charge on any atom is -0.411 e. The summed E-state index contributed by atoms with van der Waals surface area (Å²) in [5.74, 6) is -0.228. The standard InChI is InChI=1S/C23H23ClN2O4S/c1-15-12-18(24)7-10-20(15)21(16-4-8-19(9-5-16)31(3,29)30)13-22(25-28)17-6-11-23(27)26(2)14-17/h4-12,14,21,28H,13H2,1-3H3/t21-/m0/s1. The van der Waals surface area contributed by atoms with Crippen LogP contribution in [0.4, 0.5) is 0 Å². The Morgan fingerprint density at radius 3 is 2.35 bits per heavy atom. The van der Waals surface area contributed by atoms with E-state index < -0.39 is 9.84 Å². The van der Waals surface area contributed by atoms with Crippen LogP contribution in [-0.4, -0.2) is 30.2 Å². The molecule has 162 valence electrons. The number of benzene rings is 2. The van der Waals surface area contributed by atoms with Gasteiger partial charge in [0.1, 0.15) is 0 Å². The Kier molecular flexibility index (Phi) is 6.67. The van der Waals surface area contributed by atoms with Crippen LogP contribution in [0.3, 0.4) is 0 Å². The fourth-order valence-corrected chi connectivity index (χ4v) is 4.42. The smallest absolute Gasteiger partial charge is 0.250 e. The Morgan fingerprint density at radius 2 is 1.81 bits per heavy atom. The Hall–Kier alpha value is -2.90. The van der Waals surface area contributed by atoms with Crippen molar-refractivity contribution in [3.05, 3.63) is 98.4 Å². The molecule has 31 heavy (non-hydrogen) atoms. The van der Waals surface area contributed by atoms with Gasteiger partial charge in [0.15, 0.2) is 9.84 Å². The van der Waals surface area contributed by atoms with Gasteiger partial charge in [0.05, 0.1) is 10.6 Å². The molecule has 0 unspecified atom stereocenters. The zero-order chi connectivity index (χ0) is 22.8. The monoisotopic (exact) mass is 458 g/mol. The first-order valence-corrected chi connectivity index (χ1v) is 11.8. The van der Waals surface area contributed by atoms with Crippen molar-refractivity contribution in [2.45, 2.75) is 24.2 Å². The number of hydrogen-bond acceptors (Lipinski definition) is 5. The molecule has 3 rings (SSSR count). The highest BCUT2D eigenvalue weighted by Gasteiger charge is 2.21. The second kappa shape index (κ2) is 9.08. The Morgan fingerprint density at radius 1 is 1.13 bits per heavy atom. The van der Waals surface area contributed by atoms with Gasteiger partial charge in [0.25, 0.3) is 0 Å². The van der Waals surface area contributed by atoms with E-state index in [0.29, 0.717) is 22.7 Å². The Labute approximate surface area is 186 Å². The number of pyridine rings is 1. The van der Waals surface area contributed by atoms with Crippen LogP contribution in [0.15, 0.2) is 75.6 Å². The Bertz CT molecular complexity index is 1300. The molecule has 1 aromatic heterocycles. The van der Waals surface area contributed by atoms with Crippen molar-refractivity contribution >= 4 is 27.1 Å². The van der Waals surface area contributed by atoms with E-state index in [1.54, 1.807) is 49.6 Å². The molecule has 0 aliphatic carbocycles. The summed E-state index contributed by atoms with van der Waals surface area (Å²) in [7, 11) is -1.69. The zero-order valence-electron chi connectivity index (χ0n) is 17.4. The molecular formula is C23H23ClN2O4S. The van der Waals surface area contributed by atoms with Gasteiger partial charge in [-0.05, 0) is 53.9 Å². The molecule has 0 aliphatic heterocycles. The quantitative estimate of drug-likeness (QED) is 0.341. The van der Waals surface area contributed by atoms with E-state index in [4.69, 9.17) is 11.6 Å². The van der Waals surface area contributed by atoms with Crippen molar-refractivity contribution < 1.29 is 13.6 Å². The minimum atomic E-state index is -3.32. The molecule has 8 heteroatoms. The number of oxime groups is 1. The average Bonchev–Trinajstić information content (AvgIpc) is 2.71. The lowest BCUT2D eigenvalue weighted by atomic mass is 9.83. The van der Waals surface area contributed by atoms with Gasteiger partial charge in [-0.3, -0.25) is 4.79 Å². The number of hydrogen-bond donors (Lipinski definition) is 1. The summed E-state index contributed by atoms with van der Waals surface area (Å²) < 4.78 is 25.1. The van der Waals surface area contributed by atoms with E-state index in [-0.39, 0.29) is 16.4 Å². The number of aryl methyl sites for hydroxylation is 2. The third-order valence-electron chi connectivity index (χ3n) is 5.26. The van der Waals surface area contributed by atoms with Crippen LogP contribution in [0.5, 0.6) is 0 Å². The first kappa shape index (κ1) is 22.8. The maximum Gasteiger partial charge on any atom is 0.250 e. The molecule has 0 saturated carbocycles. The van der Waals surface area contributed by atoms with Gasteiger partial charge in [0, 0.05) is 48.5 Å². The molecule has 0 spiro atoms. The zero-order valence-corrected chi connectivity index (χ0v) is 19.0. The van der Waals surface area contributed by atoms with Gasteiger partial charge in [-0.15, -0.1) is 0 Å². The van der Waals surface area contributed by atoms with Gasteiger partial charge in [-0.25, -0.2) is 8.42 Å². The molecule has 2 aromatic carbocycles. The molecule has 0 fully saturated rings. The van der Waals surface area contributed by atoms with Crippen molar-refractivity contribution in [2.75, 3.05) is 6.26 Å². The topological polar surface area (TPSA) is 88.7 Å². The first-order chi connectivity index (χ1) is 14.6. The third-order valence-corrected chi connectivity index (χ3v) is 6.62. The van der Waals surface area contributed by atoms with Gasteiger partial charge < -0.3 is 9.77 Å².